The van der Waals surface area contributed by atoms with E-state index in [1.165, 1.54) is 43.6 Å². The number of methoxy groups -OCH3 is 1. The Bertz CT molecular complexity index is 1210. The highest BCUT2D eigenvalue weighted by Gasteiger charge is 2.47. The van der Waals surface area contributed by atoms with Gasteiger partial charge in [0.25, 0.3) is 0 Å². The molecule has 19 heteroatoms. The summed E-state index contributed by atoms with van der Waals surface area (Å²) in [4.78, 5) is 36.2. The fourth-order valence-electron chi connectivity index (χ4n) is 5.01. The summed E-state index contributed by atoms with van der Waals surface area (Å²) in [6, 6.07) is 15.1. The standard InChI is InChI=1S/C23H31N3O.3C2HF3O2/c1-27-18-22-17-26(16-21-8-5-11-24-14-21)19-23(22)9-12-25(13-10-23)15-20-6-3-2-4-7-20;3*3-2(4,5)1(6)7/h2-8,11,14,22H,9-10,12-13,15-19H2,1H3;3*(H,6,7). The Morgan fingerprint density at radius 1 is 0.771 bits per heavy atom. The molecule has 2 saturated heterocycles. The zero-order chi connectivity index (χ0) is 36.8. The lowest BCUT2D eigenvalue weighted by atomic mass is 9.71. The summed E-state index contributed by atoms with van der Waals surface area (Å²) < 4.78 is 101. The summed E-state index contributed by atoms with van der Waals surface area (Å²) in [5, 5.41) is 21.4. The first kappa shape index (κ1) is 42.1. The Labute approximate surface area is 268 Å². The Morgan fingerprint density at radius 3 is 1.60 bits per heavy atom. The molecule has 10 nitrogen and oxygen atoms in total. The summed E-state index contributed by atoms with van der Waals surface area (Å²) in [6.07, 6.45) is -8.85. The van der Waals surface area contributed by atoms with Gasteiger partial charge in [0.2, 0.25) is 0 Å². The van der Waals surface area contributed by atoms with Gasteiger partial charge in [0.1, 0.15) is 0 Å². The second-order valence-electron chi connectivity index (χ2n) is 10.7. The molecule has 2 aromatic rings. The van der Waals surface area contributed by atoms with Crippen LogP contribution in [0.4, 0.5) is 39.5 Å². The zero-order valence-corrected chi connectivity index (χ0v) is 25.4. The van der Waals surface area contributed by atoms with Gasteiger partial charge < -0.3 is 20.1 Å². The third-order valence-corrected chi connectivity index (χ3v) is 7.21. The van der Waals surface area contributed by atoms with E-state index in [1.54, 1.807) is 0 Å². The number of nitrogens with zero attached hydrogens (tertiary/aromatic N) is 3. The second kappa shape index (κ2) is 18.5. The first-order valence-electron chi connectivity index (χ1n) is 13.9. The molecular weight excluding hydrogens is 673 g/mol. The molecule has 270 valence electrons. The lowest BCUT2D eigenvalue weighted by Crippen LogP contribution is -2.44. The molecule has 0 bridgehead atoms. The number of carboxylic acid groups (broad SMARTS) is 3. The Hall–Kier alpha value is -3.97. The molecule has 3 N–H and O–H groups in total. The summed E-state index contributed by atoms with van der Waals surface area (Å²) in [5.74, 6) is -7.63. The van der Waals surface area contributed by atoms with E-state index in [0.29, 0.717) is 11.3 Å². The van der Waals surface area contributed by atoms with Gasteiger partial charge in [-0.05, 0) is 48.5 Å². The average Bonchev–Trinajstić information content (AvgIpc) is 3.30. The van der Waals surface area contributed by atoms with Crippen molar-refractivity contribution in [2.24, 2.45) is 11.3 Å². The molecule has 48 heavy (non-hydrogen) atoms. The van der Waals surface area contributed by atoms with Gasteiger partial charge in [0.05, 0.1) is 6.61 Å². The number of alkyl halides is 9. The van der Waals surface area contributed by atoms with E-state index < -0.39 is 36.4 Å². The molecule has 1 unspecified atom stereocenters. The topological polar surface area (TPSA) is 140 Å². The highest BCUT2D eigenvalue weighted by Crippen LogP contribution is 2.45. The molecule has 0 radical (unpaired) electrons. The van der Waals surface area contributed by atoms with Gasteiger partial charge >= 0.3 is 36.4 Å². The number of halogens is 9. The van der Waals surface area contributed by atoms with Gasteiger partial charge in [-0.1, -0.05) is 36.4 Å². The SMILES string of the molecule is COCC1CN(Cc2cccnc2)CC12CCN(Cc1ccccc1)CC2.O=C(O)C(F)(F)F.O=C(O)C(F)(F)F.O=C(O)C(F)(F)F. The predicted octanol–water partition coefficient (Wildman–Crippen LogP) is 5.34. The minimum atomic E-state index is -5.08. The lowest BCUT2D eigenvalue weighted by Gasteiger charge is -2.42. The van der Waals surface area contributed by atoms with Crippen molar-refractivity contribution >= 4 is 17.9 Å². The first-order valence-corrected chi connectivity index (χ1v) is 13.9. The van der Waals surface area contributed by atoms with Crippen LogP contribution in [-0.4, -0.2) is 106 Å². The van der Waals surface area contributed by atoms with E-state index >= 15 is 0 Å². The number of pyridine rings is 1. The fourth-order valence-corrected chi connectivity index (χ4v) is 5.01. The number of carbonyl (C=O) groups is 3. The van der Waals surface area contributed by atoms with Crippen molar-refractivity contribution in [3.05, 3.63) is 66.0 Å². The van der Waals surface area contributed by atoms with Gasteiger partial charge in [0, 0.05) is 51.6 Å². The van der Waals surface area contributed by atoms with Crippen LogP contribution in [0, 0.1) is 11.3 Å². The number of aliphatic carboxylic acids is 3. The molecule has 1 spiro atoms. The molecule has 0 saturated carbocycles. The molecule has 1 atom stereocenters. The summed E-state index contributed by atoms with van der Waals surface area (Å²) >= 11 is 0. The monoisotopic (exact) mass is 707 g/mol. The van der Waals surface area contributed by atoms with E-state index in [0.717, 1.165) is 26.2 Å². The van der Waals surface area contributed by atoms with Crippen molar-refractivity contribution in [1.82, 2.24) is 14.8 Å². The molecule has 2 aliphatic rings. The third kappa shape index (κ3) is 15.3. The maximum atomic E-state index is 10.6. The fraction of sp³-hybridized carbons (Fsp3) is 0.517. The molecule has 0 amide bonds. The number of likely N-dealkylation sites (tertiary alicyclic amines) is 2. The molecule has 2 fully saturated rings. The molecule has 3 heterocycles. The highest BCUT2D eigenvalue weighted by atomic mass is 19.4. The van der Waals surface area contributed by atoms with E-state index in [2.05, 4.69) is 51.2 Å². The van der Waals surface area contributed by atoms with Gasteiger partial charge in [-0.25, -0.2) is 14.4 Å². The number of ether oxygens (including phenoxy) is 1. The Kier molecular flexibility index (Phi) is 16.2. The highest BCUT2D eigenvalue weighted by molar-refractivity contribution is 5.73. The molecule has 1 aromatic carbocycles. The smallest absolute Gasteiger partial charge is 0.475 e. The maximum absolute atomic E-state index is 10.6. The van der Waals surface area contributed by atoms with Crippen LogP contribution in [0.2, 0.25) is 0 Å². The van der Waals surface area contributed by atoms with Crippen molar-refractivity contribution < 1.29 is 74.0 Å². The van der Waals surface area contributed by atoms with Crippen LogP contribution < -0.4 is 0 Å². The Balaban J connectivity index is 0.000000448. The van der Waals surface area contributed by atoms with Crippen molar-refractivity contribution in [1.29, 1.82) is 0 Å². The van der Waals surface area contributed by atoms with Crippen molar-refractivity contribution in [2.45, 2.75) is 44.5 Å². The van der Waals surface area contributed by atoms with Crippen LogP contribution in [-0.2, 0) is 32.2 Å². The summed E-state index contributed by atoms with van der Waals surface area (Å²) in [6.45, 7) is 7.67. The Morgan fingerprint density at radius 2 is 1.21 bits per heavy atom. The number of hydrogen-bond acceptors (Lipinski definition) is 7. The van der Waals surface area contributed by atoms with E-state index in [4.69, 9.17) is 34.4 Å². The number of aromatic nitrogens is 1. The number of carboxylic acids is 3. The molecule has 4 rings (SSSR count). The first-order chi connectivity index (χ1) is 22.1. The molecule has 2 aliphatic heterocycles. The zero-order valence-electron chi connectivity index (χ0n) is 25.4. The van der Waals surface area contributed by atoms with E-state index in [-0.39, 0.29) is 0 Å². The number of rotatable bonds is 6. The lowest BCUT2D eigenvalue weighted by molar-refractivity contribution is -0.193. The van der Waals surface area contributed by atoms with E-state index in [9.17, 15) is 39.5 Å². The number of piperidine rings is 1. The van der Waals surface area contributed by atoms with Gasteiger partial charge in [-0.3, -0.25) is 14.8 Å². The van der Waals surface area contributed by atoms with Crippen molar-refractivity contribution in [3.63, 3.8) is 0 Å². The van der Waals surface area contributed by atoms with E-state index in [1.807, 2.05) is 25.6 Å². The van der Waals surface area contributed by atoms with Crippen LogP contribution in [0.1, 0.15) is 24.0 Å². The summed E-state index contributed by atoms with van der Waals surface area (Å²) in [5.41, 5.74) is 3.14. The maximum Gasteiger partial charge on any atom is 0.490 e. The largest absolute Gasteiger partial charge is 0.490 e. The minimum absolute atomic E-state index is 0.408. The predicted molar refractivity (Wildman–Crippen MR) is 149 cm³/mol. The molecule has 0 aliphatic carbocycles. The van der Waals surface area contributed by atoms with Gasteiger partial charge in [0.15, 0.2) is 0 Å². The number of hydrogen-bond donors (Lipinski definition) is 3. The average molecular weight is 708 g/mol. The quantitative estimate of drug-likeness (QED) is 0.337. The van der Waals surface area contributed by atoms with Crippen LogP contribution in [0.5, 0.6) is 0 Å². The van der Waals surface area contributed by atoms with Gasteiger partial charge in [-0.15, -0.1) is 0 Å². The van der Waals surface area contributed by atoms with Gasteiger partial charge in [-0.2, -0.15) is 39.5 Å². The van der Waals surface area contributed by atoms with Crippen LogP contribution >= 0.6 is 0 Å². The van der Waals surface area contributed by atoms with Crippen molar-refractivity contribution in [3.8, 4) is 0 Å². The summed E-state index contributed by atoms with van der Waals surface area (Å²) in [7, 11) is 1.85. The third-order valence-electron chi connectivity index (χ3n) is 7.21. The second-order valence-corrected chi connectivity index (χ2v) is 10.7. The number of benzene rings is 1. The molecular formula is C29H34F9N3O7. The van der Waals surface area contributed by atoms with Crippen LogP contribution in [0.15, 0.2) is 54.9 Å². The minimum Gasteiger partial charge on any atom is -0.475 e. The van der Waals surface area contributed by atoms with Crippen LogP contribution in [0.25, 0.3) is 0 Å². The van der Waals surface area contributed by atoms with Crippen molar-refractivity contribution in [2.75, 3.05) is 39.9 Å². The van der Waals surface area contributed by atoms with Crippen LogP contribution in [0.3, 0.4) is 0 Å². The molecule has 1 aromatic heterocycles. The normalized spacial score (nSPS) is 17.9.